The summed E-state index contributed by atoms with van der Waals surface area (Å²) in [5.74, 6) is 1.85. The van der Waals surface area contributed by atoms with E-state index in [1.54, 1.807) is 19.4 Å². The number of rotatable bonds is 7. The number of pyridine rings is 2. The molecule has 1 aliphatic heterocycles. The van der Waals surface area contributed by atoms with Crippen LogP contribution >= 0.6 is 24.0 Å². The second-order valence-electron chi connectivity index (χ2n) is 6.80. The van der Waals surface area contributed by atoms with Gasteiger partial charge in [-0.15, -0.1) is 24.0 Å². The molecule has 3 heterocycles. The Morgan fingerprint density at radius 1 is 1.00 bits per heavy atom. The molecule has 162 valence electrons. The van der Waals surface area contributed by atoms with Crippen LogP contribution in [0, 0.1) is 0 Å². The normalized spacial score (nSPS) is 14.1. The molecule has 0 unspecified atom stereocenters. The lowest BCUT2D eigenvalue weighted by atomic mass is 10.2. The number of aromatic nitrogens is 2. The summed E-state index contributed by atoms with van der Waals surface area (Å²) < 4.78 is 0. The molecule has 8 nitrogen and oxygen atoms in total. The van der Waals surface area contributed by atoms with Gasteiger partial charge in [0.2, 0.25) is 5.91 Å². The number of carbonyl (C=O) groups is 1. The first kappa shape index (κ1) is 23.8. The zero-order chi connectivity index (χ0) is 20.3. The van der Waals surface area contributed by atoms with Crippen molar-refractivity contribution in [3.63, 3.8) is 0 Å². The number of aliphatic imine (C=N–C) groups is 1. The molecule has 3 rings (SSSR count). The average molecular weight is 523 g/mol. The number of halogens is 1. The van der Waals surface area contributed by atoms with Crippen molar-refractivity contribution in [2.45, 2.75) is 12.8 Å². The Morgan fingerprint density at radius 2 is 1.70 bits per heavy atom. The Labute approximate surface area is 195 Å². The van der Waals surface area contributed by atoms with Crippen LogP contribution in [0.5, 0.6) is 0 Å². The van der Waals surface area contributed by atoms with Crippen LogP contribution in [0.2, 0.25) is 0 Å². The molecule has 1 aliphatic rings. The average Bonchev–Trinajstić information content (AvgIpc) is 2.79. The maximum absolute atomic E-state index is 12.5. The first-order valence-corrected chi connectivity index (χ1v) is 10.0. The molecule has 1 amide bonds. The molecule has 2 aromatic heterocycles. The highest BCUT2D eigenvalue weighted by Crippen LogP contribution is 2.12. The molecule has 0 aromatic carbocycles. The van der Waals surface area contributed by atoms with Gasteiger partial charge in [-0.25, -0.2) is 4.98 Å². The van der Waals surface area contributed by atoms with Crippen molar-refractivity contribution >= 4 is 41.7 Å². The molecule has 0 saturated carbocycles. The molecule has 2 aromatic rings. The summed E-state index contributed by atoms with van der Waals surface area (Å²) in [6.45, 7) is 4.38. The third-order valence-corrected chi connectivity index (χ3v) is 4.86. The van der Waals surface area contributed by atoms with Crippen LogP contribution in [0.3, 0.4) is 0 Å². The summed E-state index contributed by atoms with van der Waals surface area (Å²) in [5, 5.41) is 6.47. The standard InChI is InChI=1S/C21H29N7O.HI/c1-22-21(25-12-8-18-6-2-4-10-23-18)26-13-9-20(29)28-16-14-27(15-17-28)19-7-3-5-11-24-19;/h2-7,10-11H,8-9,12-17H2,1H3,(H2,22,25,26);1H. The van der Waals surface area contributed by atoms with Crippen molar-refractivity contribution in [1.82, 2.24) is 25.5 Å². The molecule has 9 heteroatoms. The topological polar surface area (TPSA) is 85.8 Å². The number of carbonyl (C=O) groups excluding carboxylic acids is 1. The highest BCUT2D eigenvalue weighted by atomic mass is 127. The van der Waals surface area contributed by atoms with Gasteiger partial charge < -0.3 is 20.4 Å². The second-order valence-corrected chi connectivity index (χ2v) is 6.80. The van der Waals surface area contributed by atoms with E-state index < -0.39 is 0 Å². The van der Waals surface area contributed by atoms with Crippen molar-refractivity contribution in [1.29, 1.82) is 0 Å². The van der Waals surface area contributed by atoms with Crippen LogP contribution in [0.1, 0.15) is 12.1 Å². The largest absolute Gasteiger partial charge is 0.356 e. The number of guanidine groups is 1. The van der Waals surface area contributed by atoms with Gasteiger partial charge in [0.25, 0.3) is 0 Å². The van der Waals surface area contributed by atoms with Crippen LogP contribution in [-0.2, 0) is 11.2 Å². The summed E-state index contributed by atoms with van der Waals surface area (Å²) in [6, 6.07) is 11.8. The van der Waals surface area contributed by atoms with Gasteiger partial charge in [-0.2, -0.15) is 0 Å². The predicted molar refractivity (Wildman–Crippen MR) is 130 cm³/mol. The van der Waals surface area contributed by atoms with Crippen molar-refractivity contribution in [2.75, 3.05) is 51.2 Å². The summed E-state index contributed by atoms with van der Waals surface area (Å²) in [5.41, 5.74) is 1.04. The maximum atomic E-state index is 12.5. The first-order chi connectivity index (χ1) is 14.3. The minimum atomic E-state index is 0. The second kappa shape index (κ2) is 13.0. The summed E-state index contributed by atoms with van der Waals surface area (Å²) in [4.78, 5) is 29.5. The number of piperazine rings is 1. The third-order valence-electron chi connectivity index (χ3n) is 4.86. The van der Waals surface area contributed by atoms with Gasteiger partial charge in [-0.1, -0.05) is 12.1 Å². The van der Waals surface area contributed by atoms with Gasteiger partial charge in [-0.3, -0.25) is 14.8 Å². The summed E-state index contributed by atoms with van der Waals surface area (Å²) >= 11 is 0. The lowest BCUT2D eigenvalue weighted by molar-refractivity contribution is -0.131. The van der Waals surface area contributed by atoms with Crippen molar-refractivity contribution in [3.8, 4) is 0 Å². The van der Waals surface area contributed by atoms with Gasteiger partial charge in [0.05, 0.1) is 0 Å². The molecule has 1 fully saturated rings. The van der Waals surface area contributed by atoms with Gasteiger partial charge in [0, 0.05) is 77.2 Å². The van der Waals surface area contributed by atoms with Gasteiger partial charge >= 0.3 is 0 Å². The molecule has 0 aliphatic carbocycles. The van der Waals surface area contributed by atoms with E-state index in [-0.39, 0.29) is 29.9 Å². The predicted octanol–water partition coefficient (Wildman–Crippen LogP) is 1.54. The molecular weight excluding hydrogens is 493 g/mol. The van der Waals surface area contributed by atoms with E-state index in [4.69, 9.17) is 0 Å². The Kier molecular flexibility index (Phi) is 10.3. The number of hydrogen-bond acceptors (Lipinski definition) is 5. The smallest absolute Gasteiger partial charge is 0.224 e. The van der Waals surface area contributed by atoms with Crippen molar-refractivity contribution in [2.24, 2.45) is 4.99 Å². The monoisotopic (exact) mass is 523 g/mol. The van der Waals surface area contributed by atoms with E-state index in [1.165, 1.54) is 0 Å². The van der Waals surface area contributed by atoms with E-state index in [0.717, 1.165) is 50.7 Å². The number of hydrogen-bond donors (Lipinski definition) is 2. The number of anilines is 1. The molecule has 1 saturated heterocycles. The Bertz CT molecular complexity index is 780. The molecule has 2 N–H and O–H groups in total. The van der Waals surface area contributed by atoms with Crippen LogP contribution in [0.15, 0.2) is 53.8 Å². The minimum absolute atomic E-state index is 0. The lowest BCUT2D eigenvalue weighted by Crippen LogP contribution is -2.49. The van der Waals surface area contributed by atoms with E-state index >= 15 is 0 Å². The van der Waals surface area contributed by atoms with E-state index in [1.807, 2.05) is 41.3 Å². The van der Waals surface area contributed by atoms with Gasteiger partial charge in [0.15, 0.2) is 5.96 Å². The number of nitrogens with zero attached hydrogens (tertiary/aromatic N) is 5. The van der Waals surface area contributed by atoms with Crippen LogP contribution < -0.4 is 15.5 Å². The number of nitrogens with one attached hydrogen (secondary N) is 2. The van der Waals surface area contributed by atoms with E-state index in [2.05, 4.69) is 30.5 Å². The molecule has 0 bridgehead atoms. The highest BCUT2D eigenvalue weighted by molar-refractivity contribution is 14.0. The van der Waals surface area contributed by atoms with Gasteiger partial charge in [-0.05, 0) is 24.3 Å². The Hall–Kier alpha value is -2.43. The fraction of sp³-hybridized carbons (Fsp3) is 0.429. The fourth-order valence-electron chi connectivity index (χ4n) is 3.25. The lowest BCUT2D eigenvalue weighted by Gasteiger charge is -2.35. The zero-order valence-electron chi connectivity index (χ0n) is 17.3. The van der Waals surface area contributed by atoms with Crippen LogP contribution in [0.25, 0.3) is 0 Å². The Morgan fingerprint density at radius 3 is 2.33 bits per heavy atom. The summed E-state index contributed by atoms with van der Waals surface area (Å²) in [7, 11) is 1.73. The van der Waals surface area contributed by atoms with Gasteiger partial charge in [0.1, 0.15) is 5.82 Å². The Balaban J connectivity index is 0.00000320. The van der Waals surface area contributed by atoms with E-state index in [0.29, 0.717) is 18.9 Å². The first-order valence-electron chi connectivity index (χ1n) is 10.0. The SMILES string of the molecule is CN=C(NCCC(=O)N1CCN(c2ccccn2)CC1)NCCc1ccccn1.I. The molecule has 0 radical (unpaired) electrons. The third kappa shape index (κ3) is 7.43. The molecule has 0 atom stereocenters. The zero-order valence-corrected chi connectivity index (χ0v) is 19.7. The molecular formula is C21H30IN7O. The molecule has 0 spiro atoms. The quantitative estimate of drug-likeness (QED) is 0.326. The van der Waals surface area contributed by atoms with Crippen molar-refractivity contribution in [3.05, 3.63) is 54.5 Å². The van der Waals surface area contributed by atoms with E-state index in [9.17, 15) is 4.79 Å². The van der Waals surface area contributed by atoms with Crippen molar-refractivity contribution < 1.29 is 4.79 Å². The number of amides is 1. The van der Waals surface area contributed by atoms with Crippen LogP contribution in [-0.4, -0.2) is 73.1 Å². The summed E-state index contributed by atoms with van der Waals surface area (Å²) in [6.07, 6.45) is 4.87. The minimum Gasteiger partial charge on any atom is -0.356 e. The van der Waals surface area contributed by atoms with Crippen LogP contribution in [0.4, 0.5) is 5.82 Å². The highest BCUT2D eigenvalue weighted by Gasteiger charge is 2.21. The molecule has 30 heavy (non-hydrogen) atoms. The fourth-order valence-corrected chi connectivity index (χ4v) is 3.25. The maximum Gasteiger partial charge on any atom is 0.224 e.